The molecule has 0 saturated carbocycles. The molecule has 1 N–H and O–H groups in total. The first-order valence-corrected chi connectivity index (χ1v) is 5.26. The van der Waals surface area contributed by atoms with E-state index in [2.05, 4.69) is 0 Å². The fourth-order valence-electron chi connectivity index (χ4n) is 1.57. The Balaban J connectivity index is 2.55. The minimum atomic E-state index is -0.950. The van der Waals surface area contributed by atoms with Crippen LogP contribution in [0, 0.1) is 0 Å². The van der Waals surface area contributed by atoms with Gasteiger partial charge in [-0.1, -0.05) is 6.92 Å². The van der Waals surface area contributed by atoms with Crippen LogP contribution in [0.2, 0.25) is 0 Å². The number of carboxylic acids is 1. The van der Waals surface area contributed by atoms with Crippen LogP contribution < -0.4 is 0 Å². The topological polar surface area (TPSA) is 66.8 Å². The van der Waals surface area contributed by atoms with Crippen molar-refractivity contribution in [3.63, 3.8) is 0 Å². The van der Waals surface area contributed by atoms with Gasteiger partial charge in [0.25, 0.3) is 0 Å². The van der Waals surface area contributed by atoms with Crippen LogP contribution in [0.4, 0.5) is 4.79 Å². The summed E-state index contributed by atoms with van der Waals surface area (Å²) in [5.74, 6) is -0.950. The van der Waals surface area contributed by atoms with Gasteiger partial charge in [0.1, 0.15) is 12.1 Å². The Labute approximate surface area is 89.0 Å². The van der Waals surface area contributed by atoms with Gasteiger partial charge in [-0.15, -0.1) is 0 Å². The SMILES string of the molecule is CCC(C)OC(=O)N1CCCC1C(=O)O. The molecular formula is C10H17NO4. The summed E-state index contributed by atoms with van der Waals surface area (Å²) in [6.45, 7) is 4.19. The average Bonchev–Trinajstić information content (AvgIpc) is 2.65. The van der Waals surface area contributed by atoms with Gasteiger partial charge in [-0.05, 0) is 26.2 Å². The zero-order valence-corrected chi connectivity index (χ0v) is 9.10. The van der Waals surface area contributed by atoms with E-state index in [1.54, 1.807) is 6.92 Å². The van der Waals surface area contributed by atoms with Crippen molar-refractivity contribution in [2.75, 3.05) is 6.54 Å². The molecule has 0 spiro atoms. The highest BCUT2D eigenvalue weighted by molar-refractivity contribution is 5.80. The zero-order valence-electron chi connectivity index (χ0n) is 9.10. The maximum absolute atomic E-state index is 11.6. The van der Waals surface area contributed by atoms with Crippen molar-refractivity contribution < 1.29 is 19.4 Å². The van der Waals surface area contributed by atoms with Gasteiger partial charge >= 0.3 is 12.1 Å². The predicted octanol–water partition coefficient (Wildman–Crippen LogP) is 1.47. The molecule has 2 atom stereocenters. The maximum Gasteiger partial charge on any atom is 0.410 e. The van der Waals surface area contributed by atoms with E-state index in [-0.39, 0.29) is 6.10 Å². The largest absolute Gasteiger partial charge is 0.480 e. The van der Waals surface area contributed by atoms with Gasteiger partial charge in [0, 0.05) is 6.54 Å². The normalized spacial score (nSPS) is 22.5. The number of amides is 1. The molecule has 2 unspecified atom stereocenters. The zero-order chi connectivity index (χ0) is 11.4. The van der Waals surface area contributed by atoms with Crippen molar-refractivity contribution in [2.45, 2.75) is 45.3 Å². The Morgan fingerprint density at radius 3 is 2.80 bits per heavy atom. The van der Waals surface area contributed by atoms with E-state index in [1.807, 2.05) is 6.92 Å². The van der Waals surface area contributed by atoms with Crippen molar-refractivity contribution in [3.05, 3.63) is 0 Å². The van der Waals surface area contributed by atoms with Crippen molar-refractivity contribution in [1.29, 1.82) is 0 Å². The van der Waals surface area contributed by atoms with Crippen molar-refractivity contribution in [1.82, 2.24) is 4.90 Å². The standard InChI is InChI=1S/C10H17NO4/c1-3-7(2)15-10(14)11-6-4-5-8(11)9(12)13/h7-8H,3-6H2,1-2H3,(H,12,13). The Kier molecular flexibility index (Phi) is 3.94. The Hall–Kier alpha value is -1.26. The first-order valence-electron chi connectivity index (χ1n) is 5.26. The lowest BCUT2D eigenvalue weighted by Crippen LogP contribution is -2.41. The Morgan fingerprint density at radius 2 is 2.27 bits per heavy atom. The van der Waals surface area contributed by atoms with Gasteiger partial charge < -0.3 is 9.84 Å². The molecule has 1 heterocycles. The summed E-state index contributed by atoms with van der Waals surface area (Å²) >= 11 is 0. The summed E-state index contributed by atoms with van der Waals surface area (Å²) in [6.07, 6.45) is 1.32. The molecule has 1 fully saturated rings. The third-order valence-corrected chi connectivity index (χ3v) is 2.65. The van der Waals surface area contributed by atoms with E-state index in [9.17, 15) is 9.59 Å². The van der Waals surface area contributed by atoms with Crippen molar-refractivity contribution >= 4 is 12.1 Å². The summed E-state index contributed by atoms with van der Waals surface area (Å²) in [6, 6.07) is -0.707. The van der Waals surface area contributed by atoms with Crippen LogP contribution >= 0.6 is 0 Å². The molecule has 5 heteroatoms. The van der Waals surface area contributed by atoms with Crippen LogP contribution in [-0.2, 0) is 9.53 Å². The van der Waals surface area contributed by atoms with Gasteiger partial charge in [-0.2, -0.15) is 0 Å². The number of carboxylic acid groups (broad SMARTS) is 1. The molecule has 1 rings (SSSR count). The maximum atomic E-state index is 11.6. The minimum Gasteiger partial charge on any atom is -0.480 e. The highest BCUT2D eigenvalue weighted by Crippen LogP contribution is 2.19. The summed E-state index contributed by atoms with van der Waals surface area (Å²) in [4.78, 5) is 23.7. The minimum absolute atomic E-state index is 0.160. The summed E-state index contributed by atoms with van der Waals surface area (Å²) in [5, 5.41) is 8.87. The Bertz CT molecular complexity index is 254. The number of likely N-dealkylation sites (tertiary alicyclic amines) is 1. The van der Waals surface area contributed by atoms with Gasteiger partial charge in [-0.3, -0.25) is 4.90 Å². The second-order valence-corrected chi connectivity index (χ2v) is 3.79. The van der Waals surface area contributed by atoms with Crippen molar-refractivity contribution in [2.24, 2.45) is 0 Å². The molecule has 1 saturated heterocycles. The molecule has 0 aromatic rings. The first-order chi connectivity index (χ1) is 7.06. The highest BCUT2D eigenvalue weighted by Gasteiger charge is 2.35. The van der Waals surface area contributed by atoms with Gasteiger partial charge in [0.2, 0.25) is 0 Å². The molecular weight excluding hydrogens is 198 g/mol. The highest BCUT2D eigenvalue weighted by atomic mass is 16.6. The third-order valence-electron chi connectivity index (χ3n) is 2.65. The monoisotopic (exact) mass is 215 g/mol. The fourth-order valence-corrected chi connectivity index (χ4v) is 1.57. The van der Waals surface area contributed by atoms with Crippen LogP contribution in [-0.4, -0.2) is 40.8 Å². The third kappa shape index (κ3) is 2.84. The summed E-state index contributed by atoms with van der Waals surface area (Å²) in [7, 11) is 0. The van der Waals surface area contributed by atoms with Crippen LogP contribution in [0.25, 0.3) is 0 Å². The van der Waals surface area contributed by atoms with Crippen molar-refractivity contribution in [3.8, 4) is 0 Å². The van der Waals surface area contributed by atoms with E-state index in [4.69, 9.17) is 9.84 Å². The fraction of sp³-hybridized carbons (Fsp3) is 0.800. The number of hydrogen-bond donors (Lipinski definition) is 1. The molecule has 0 radical (unpaired) electrons. The molecule has 0 aromatic carbocycles. The number of nitrogens with zero attached hydrogens (tertiary/aromatic N) is 1. The average molecular weight is 215 g/mol. The molecule has 0 bridgehead atoms. The number of carbonyl (C=O) groups excluding carboxylic acids is 1. The molecule has 0 aliphatic carbocycles. The smallest absolute Gasteiger partial charge is 0.410 e. The molecule has 0 aromatic heterocycles. The van der Waals surface area contributed by atoms with E-state index in [0.29, 0.717) is 13.0 Å². The molecule has 15 heavy (non-hydrogen) atoms. The second-order valence-electron chi connectivity index (χ2n) is 3.79. The number of carbonyl (C=O) groups is 2. The van der Waals surface area contributed by atoms with E-state index >= 15 is 0 Å². The van der Waals surface area contributed by atoms with E-state index in [1.165, 1.54) is 4.90 Å². The molecule has 1 aliphatic heterocycles. The number of aliphatic carboxylic acids is 1. The van der Waals surface area contributed by atoms with Gasteiger partial charge in [0.05, 0.1) is 0 Å². The first kappa shape index (κ1) is 11.8. The number of hydrogen-bond acceptors (Lipinski definition) is 3. The predicted molar refractivity (Wildman–Crippen MR) is 53.6 cm³/mol. The quantitative estimate of drug-likeness (QED) is 0.774. The Morgan fingerprint density at radius 1 is 1.60 bits per heavy atom. The van der Waals surface area contributed by atoms with E-state index in [0.717, 1.165) is 12.8 Å². The molecule has 1 aliphatic rings. The molecule has 1 amide bonds. The van der Waals surface area contributed by atoms with Crippen LogP contribution in [0.5, 0.6) is 0 Å². The summed E-state index contributed by atoms with van der Waals surface area (Å²) < 4.78 is 5.09. The molecule has 5 nitrogen and oxygen atoms in total. The molecule has 86 valence electrons. The van der Waals surface area contributed by atoms with E-state index < -0.39 is 18.1 Å². The second kappa shape index (κ2) is 5.00. The van der Waals surface area contributed by atoms with Gasteiger partial charge in [-0.25, -0.2) is 9.59 Å². The summed E-state index contributed by atoms with van der Waals surface area (Å²) in [5.41, 5.74) is 0. The van der Waals surface area contributed by atoms with Crippen LogP contribution in [0.15, 0.2) is 0 Å². The van der Waals surface area contributed by atoms with Crippen LogP contribution in [0.3, 0.4) is 0 Å². The lowest BCUT2D eigenvalue weighted by atomic mass is 10.2. The number of rotatable bonds is 3. The van der Waals surface area contributed by atoms with Gasteiger partial charge in [0.15, 0.2) is 0 Å². The van der Waals surface area contributed by atoms with Crippen LogP contribution in [0.1, 0.15) is 33.1 Å². The number of ether oxygens (including phenoxy) is 1. The lowest BCUT2D eigenvalue weighted by Gasteiger charge is -2.22. The lowest BCUT2D eigenvalue weighted by molar-refractivity contribution is -0.141.